The first kappa shape index (κ1) is 65.9. The highest BCUT2D eigenvalue weighted by molar-refractivity contribution is 6.04. The van der Waals surface area contributed by atoms with Crippen LogP contribution in [0.3, 0.4) is 0 Å². The van der Waals surface area contributed by atoms with Gasteiger partial charge in [0.2, 0.25) is 23.6 Å². The number of benzene rings is 4. The van der Waals surface area contributed by atoms with E-state index in [0.717, 1.165) is 22.3 Å². The predicted octanol–water partition coefficient (Wildman–Crippen LogP) is 6.09. The molecule has 4 fully saturated rings. The highest BCUT2D eigenvalue weighted by Gasteiger charge is 2.50. The van der Waals surface area contributed by atoms with Crippen molar-refractivity contribution in [3.63, 3.8) is 0 Å². The van der Waals surface area contributed by atoms with Crippen molar-refractivity contribution in [3.8, 4) is 0 Å². The van der Waals surface area contributed by atoms with Crippen LogP contribution >= 0.6 is 0 Å². The molecule has 0 saturated carbocycles. The lowest BCUT2D eigenvalue weighted by atomic mass is 9.82. The first-order chi connectivity index (χ1) is 42.8. The Morgan fingerprint density at radius 1 is 0.567 bits per heavy atom. The molecule has 0 bridgehead atoms. The number of halogens is 2. The first-order valence-corrected chi connectivity index (χ1v) is 31.8. The summed E-state index contributed by atoms with van der Waals surface area (Å²) in [5, 5.41) is 16.4. The van der Waals surface area contributed by atoms with Crippen LogP contribution in [0.4, 0.5) is 29.7 Å². The molecule has 22 heteroatoms. The molecule has 3 N–H and O–H groups in total. The largest absolute Gasteiger partial charge is 0.465 e. The second kappa shape index (κ2) is 27.4. The van der Waals surface area contributed by atoms with Gasteiger partial charge in [-0.05, 0) is 145 Å². The van der Waals surface area contributed by atoms with Gasteiger partial charge in [0.15, 0.2) is 0 Å². The van der Waals surface area contributed by atoms with Crippen LogP contribution in [0.1, 0.15) is 95.7 Å². The molecule has 4 saturated heterocycles. The van der Waals surface area contributed by atoms with E-state index in [2.05, 4.69) is 44.1 Å². The number of anilines is 2. The molecule has 2 unspecified atom stereocenters. The van der Waals surface area contributed by atoms with Crippen LogP contribution in [-0.4, -0.2) is 230 Å². The van der Waals surface area contributed by atoms with Gasteiger partial charge in [-0.3, -0.25) is 38.8 Å². The topological polar surface area (TPSA) is 200 Å². The second-order valence-corrected chi connectivity index (χ2v) is 27.2. The number of amides is 6. The lowest BCUT2D eigenvalue weighted by Crippen LogP contribution is -2.64. The van der Waals surface area contributed by atoms with Gasteiger partial charge in [-0.15, -0.1) is 0 Å². The number of nitrogens with one attached hydrogen (secondary N) is 2. The third-order valence-corrected chi connectivity index (χ3v) is 19.1. The summed E-state index contributed by atoms with van der Waals surface area (Å²) >= 11 is 0. The lowest BCUT2D eigenvalue weighted by molar-refractivity contribution is -0.128. The summed E-state index contributed by atoms with van der Waals surface area (Å²) in [4.78, 5) is 101. The highest BCUT2D eigenvalue weighted by atomic mass is 19.1. The molecule has 486 valence electrons. The van der Waals surface area contributed by atoms with Crippen molar-refractivity contribution >= 4 is 47.2 Å². The predicted molar refractivity (Wildman–Crippen MR) is 338 cm³/mol. The number of ether oxygens (including phenoxy) is 3. The molecule has 8 atom stereocenters. The van der Waals surface area contributed by atoms with Crippen LogP contribution in [-0.2, 0) is 57.1 Å². The van der Waals surface area contributed by atoms with Gasteiger partial charge >= 0.3 is 12.2 Å². The quantitative estimate of drug-likeness (QED) is 0.103. The second-order valence-electron chi connectivity index (χ2n) is 27.2. The zero-order chi connectivity index (χ0) is 64.4. The van der Waals surface area contributed by atoms with Crippen molar-refractivity contribution in [3.05, 3.63) is 130 Å². The molecule has 6 aliphatic rings. The van der Waals surface area contributed by atoms with Crippen LogP contribution in [0.5, 0.6) is 0 Å². The van der Waals surface area contributed by atoms with Gasteiger partial charge in [0, 0.05) is 126 Å². The Kier molecular flexibility index (Phi) is 20.1. The minimum absolute atomic E-state index is 0.0134. The Balaban J connectivity index is 0.855. The SMILES string of the molecule is C[C@@H]1COCCN1C[C@H]1CN(C(=O)O)[C@H](C)CN1CC(=O)N1CC(C)(C(=O)NCCNC(=O)C2(C)CN(C(=O)CN3C[C@@H](C)N(C(=O)OC(C)(C)C)C[C@@H]3CN3CCOC[C@H]3C)c3cc(Cc4ccc(F)cc4)ccc32)c2ccc(Cc3ccc(F)cc3)cc21. The monoisotopic (exact) mass is 1240 g/mol. The van der Waals surface area contributed by atoms with E-state index in [0.29, 0.717) is 108 Å². The van der Waals surface area contributed by atoms with Crippen molar-refractivity contribution in [2.75, 3.05) is 128 Å². The van der Waals surface area contributed by atoms with Gasteiger partial charge in [-0.25, -0.2) is 18.4 Å². The van der Waals surface area contributed by atoms with Gasteiger partial charge in [0.05, 0.1) is 50.3 Å². The Morgan fingerprint density at radius 3 is 1.37 bits per heavy atom. The number of piperazine rings is 2. The fraction of sp³-hybridized carbons (Fsp3) is 0.559. The molecule has 0 radical (unpaired) electrons. The summed E-state index contributed by atoms with van der Waals surface area (Å²) in [6.07, 6.45) is -0.518. The number of carbonyl (C=O) groups is 6. The van der Waals surface area contributed by atoms with Gasteiger partial charge in [-0.1, -0.05) is 48.5 Å². The maximum Gasteiger partial charge on any atom is 0.410 e. The lowest BCUT2D eigenvalue weighted by Gasteiger charge is -2.47. The third kappa shape index (κ3) is 14.8. The molecule has 6 heterocycles. The Hall–Kier alpha value is -7.08. The van der Waals surface area contributed by atoms with Crippen LogP contribution in [0.25, 0.3) is 0 Å². The summed E-state index contributed by atoms with van der Waals surface area (Å²) in [6, 6.07) is 23.1. The molecule has 0 aliphatic carbocycles. The van der Waals surface area contributed by atoms with E-state index >= 15 is 4.79 Å². The average molecular weight is 1250 g/mol. The molecule has 0 aromatic heterocycles. The highest BCUT2D eigenvalue weighted by Crippen LogP contribution is 2.44. The fourth-order valence-corrected chi connectivity index (χ4v) is 13.9. The fourth-order valence-electron chi connectivity index (χ4n) is 13.9. The molecule has 6 aliphatic heterocycles. The third-order valence-electron chi connectivity index (χ3n) is 19.1. The van der Waals surface area contributed by atoms with Crippen molar-refractivity contribution in [1.82, 2.24) is 40.0 Å². The zero-order valence-electron chi connectivity index (χ0n) is 53.6. The molecule has 4 aromatic rings. The summed E-state index contributed by atoms with van der Waals surface area (Å²) < 4.78 is 45.4. The summed E-state index contributed by atoms with van der Waals surface area (Å²) in [6.45, 7) is 23.3. The van der Waals surface area contributed by atoms with E-state index in [4.69, 9.17) is 14.2 Å². The van der Waals surface area contributed by atoms with Crippen LogP contribution < -0.4 is 20.4 Å². The van der Waals surface area contributed by atoms with Crippen LogP contribution in [0.2, 0.25) is 0 Å². The number of hydrogen-bond acceptors (Lipinski definition) is 13. The normalized spacial score (nSPS) is 26.0. The zero-order valence-corrected chi connectivity index (χ0v) is 53.6. The molecular formula is C68H90F2N10O10. The Morgan fingerprint density at radius 2 is 0.967 bits per heavy atom. The molecule has 10 rings (SSSR count). The van der Waals surface area contributed by atoms with Gasteiger partial charge < -0.3 is 49.6 Å². The minimum Gasteiger partial charge on any atom is -0.465 e. The Labute approximate surface area is 527 Å². The van der Waals surface area contributed by atoms with Gasteiger partial charge in [0.25, 0.3) is 0 Å². The van der Waals surface area contributed by atoms with E-state index in [-0.39, 0.29) is 117 Å². The number of carbonyl (C=O) groups excluding carboxylic acids is 5. The molecule has 4 aromatic carbocycles. The summed E-state index contributed by atoms with van der Waals surface area (Å²) in [5.41, 5.74) is 2.77. The van der Waals surface area contributed by atoms with E-state index < -0.39 is 28.6 Å². The summed E-state index contributed by atoms with van der Waals surface area (Å²) in [5.74, 6) is -1.85. The van der Waals surface area contributed by atoms with Gasteiger partial charge in [-0.2, -0.15) is 0 Å². The number of nitrogens with zero attached hydrogens (tertiary/aromatic N) is 8. The molecular weight excluding hydrogens is 1150 g/mol. The van der Waals surface area contributed by atoms with Gasteiger partial charge in [0.1, 0.15) is 17.2 Å². The summed E-state index contributed by atoms with van der Waals surface area (Å²) in [7, 11) is 0. The number of fused-ring (bicyclic) bond motifs is 2. The number of hydrogen-bond donors (Lipinski definition) is 3. The standard InChI is InChI=1S/C68H90F2N10O10/c1-44-32-75(54(36-77(44)64(85)86)34-73-24-26-88-40-46(73)3)38-60(81)79-42-67(8,56-20-14-50(30-58(56)79)28-48-10-16-52(69)17-11-48)62(83)71-22-23-72-63(84)68(9)43-80(59-31-51(15-21-57(59)68)29-49-12-18-53(70)19-13-49)61(82)39-76-33-45(2)78(65(87)90-66(5,6)7)37-55(76)35-74-25-27-89-41-47(74)4/h10-21,30-31,44-47,54-55H,22-29,32-43H2,1-9H3,(H,71,83)(H,72,84)(H,85,86)/t44-,45-,46-,47-,54+,55+,67?,68?/m1/s1. The maximum atomic E-state index is 15.2. The smallest absolute Gasteiger partial charge is 0.410 e. The van der Waals surface area contributed by atoms with Crippen molar-refractivity contribution in [2.45, 2.75) is 128 Å². The van der Waals surface area contributed by atoms with E-state index in [1.54, 1.807) is 39.0 Å². The van der Waals surface area contributed by atoms with E-state index in [9.17, 15) is 37.9 Å². The number of morpholine rings is 2. The number of rotatable bonds is 17. The average Bonchev–Trinajstić information content (AvgIpc) is 1.60. The molecule has 20 nitrogen and oxygen atoms in total. The van der Waals surface area contributed by atoms with Crippen molar-refractivity contribution in [2.24, 2.45) is 0 Å². The maximum absolute atomic E-state index is 15.2. The minimum atomic E-state index is -1.23. The molecule has 6 amide bonds. The Bertz CT molecular complexity index is 3280. The van der Waals surface area contributed by atoms with Crippen LogP contribution in [0.15, 0.2) is 84.9 Å². The first-order valence-electron chi connectivity index (χ1n) is 31.8. The van der Waals surface area contributed by atoms with Crippen LogP contribution in [0, 0.1) is 11.6 Å². The van der Waals surface area contributed by atoms with E-state index in [1.165, 1.54) is 29.2 Å². The number of carboxylic acid groups (broad SMARTS) is 1. The van der Waals surface area contributed by atoms with Crippen molar-refractivity contribution < 1.29 is 56.9 Å². The van der Waals surface area contributed by atoms with E-state index in [1.807, 2.05) is 84.9 Å². The molecule has 0 spiro atoms. The van der Waals surface area contributed by atoms with Crippen molar-refractivity contribution in [1.29, 1.82) is 0 Å². The molecule has 90 heavy (non-hydrogen) atoms.